The third kappa shape index (κ3) is 1.93. The number of para-hydroxylation sites is 1. The lowest BCUT2D eigenvalue weighted by Crippen LogP contribution is -1.93. The van der Waals surface area contributed by atoms with E-state index in [4.69, 9.17) is 4.74 Å². The number of fused-ring (bicyclic) bond motifs is 1. The molecule has 0 saturated carbocycles. The molecule has 0 aliphatic rings. The van der Waals surface area contributed by atoms with Crippen LogP contribution in [0, 0.1) is 6.92 Å². The summed E-state index contributed by atoms with van der Waals surface area (Å²) in [6.45, 7) is 2.00. The van der Waals surface area contributed by atoms with E-state index in [1.807, 2.05) is 49.8 Å². The first-order valence-electron chi connectivity index (χ1n) is 6.14. The van der Waals surface area contributed by atoms with E-state index in [9.17, 15) is 0 Å². The van der Waals surface area contributed by atoms with Crippen molar-refractivity contribution in [1.82, 2.24) is 9.97 Å². The Hall–Kier alpha value is -2.42. The van der Waals surface area contributed by atoms with Crippen LogP contribution in [0.2, 0.25) is 0 Å². The van der Waals surface area contributed by atoms with Crippen molar-refractivity contribution in [3.63, 3.8) is 0 Å². The van der Waals surface area contributed by atoms with E-state index in [-0.39, 0.29) is 0 Å². The minimum atomic E-state index is 0.867. The highest BCUT2D eigenvalue weighted by atomic mass is 16.5. The molecule has 0 radical (unpaired) electrons. The Labute approximate surface area is 111 Å². The van der Waals surface area contributed by atoms with Gasteiger partial charge < -0.3 is 4.74 Å². The second kappa shape index (κ2) is 4.69. The van der Waals surface area contributed by atoms with Crippen molar-refractivity contribution < 1.29 is 4.74 Å². The van der Waals surface area contributed by atoms with E-state index < -0.39 is 0 Å². The number of benzene rings is 1. The molecule has 0 saturated heterocycles. The lowest BCUT2D eigenvalue weighted by Gasteiger charge is -2.12. The van der Waals surface area contributed by atoms with Crippen LogP contribution in [-0.4, -0.2) is 17.1 Å². The standard InChI is InChI=1S/C16H14N2O/c1-11-9-17-10-14(16(11)19-2)12-7-8-18-15-6-4-3-5-13(12)15/h3-10H,1-2H3. The number of nitrogens with zero attached hydrogens (tertiary/aromatic N) is 2. The molecule has 3 nitrogen and oxygen atoms in total. The maximum Gasteiger partial charge on any atom is 0.132 e. The first kappa shape index (κ1) is 11.7. The Balaban J connectivity index is 2.34. The molecular weight excluding hydrogens is 236 g/mol. The molecule has 3 aromatic rings. The largest absolute Gasteiger partial charge is 0.496 e. The Morgan fingerprint density at radius 3 is 2.68 bits per heavy atom. The molecule has 3 rings (SSSR count). The third-order valence-corrected chi connectivity index (χ3v) is 3.22. The summed E-state index contributed by atoms with van der Waals surface area (Å²) >= 11 is 0. The average Bonchev–Trinajstić information content (AvgIpc) is 2.46. The first-order chi connectivity index (χ1) is 9.31. The highest BCUT2D eigenvalue weighted by Gasteiger charge is 2.11. The molecule has 2 aromatic heterocycles. The van der Waals surface area contributed by atoms with Crippen LogP contribution in [0.25, 0.3) is 22.0 Å². The number of methoxy groups -OCH3 is 1. The van der Waals surface area contributed by atoms with E-state index in [0.717, 1.165) is 33.3 Å². The maximum atomic E-state index is 5.52. The summed E-state index contributed by atoms with van der Waals surface area (Å²) in [6, 6.07) is 10.1. The van der Waals surface area contributed by atoms with E-state index >= 15 is 0 Å². The molecule has 2 heterocycles. The number of hydrogen-bond donors (Lipinski definition) is 0. The molecule has 0 aliphatic heterocycles. The van der Waals surface area contributed by atoms with Gasteiger partial charge in [0.2, 0.25) is 0 Å². The zero-order valence-corrected chi connectivity index (χ0v) is 10.9. The van der Waals surface area contributed by atoms with Gasteiger partial charge in [0.15, 0.2) is 0 Å². The van der Waals surface area contributed by atoms with Crippen molar-refractivity contribution >= 4 is 10.9 Å². The Kier molecular flexibility index (Phi) is 2.88. The van der Waals surface area contributed by atoms with Gasteiger partial charge in [0.25, 0.3) is 0 Å². The fraction of sp³-hybridized carbons (Fsp3) is 0.125. The van der Waals surface area contributed by atoms with Crippen molar-refractivity contribution in [3.05, 3.63) is 54.5 Å². The predicted molar refractivity (Wildman–Crippen MR) is 76.3 cm³/mol. The average molecular weight is 250 g/mol. The van der Waals surface area contributed by atoms with Gasteiger partial charge >= 0.3 is 0 Å². The van der Waals surface area contributed by atoms with Gasteiger partial charge in [-0.15, -0.1) is 0 Å². The number of aromatic nitrogens is 2. The summed E-state index contributed by atoms with van der Waals surface area (Å²) in [5, 5.41) is 1.11. The van der Waals surface area contributed by atoms with E-state index in [0.29, 0.717) is 0 Å². The van der Waals surface area contributed by atoms with Gasteiger partial charge in [-0.25, -0.2) is 0 Å². The second-order valence-electron chi connectivity index (χ2n) is 4.41. The van der Waals surface area contributed by atoms with E-state index in [1.165, 1.54) is 0 Å². The summed E-state index contributed by atoms with van der Waals surface area (Å²) in [4.78, 5) is 8.66. The minimum Gasteiger partial charge on any atom is -0.496 e. The highest BCUT2D eigenvalue weighted by molar-refractivity contribution is 5.95. The lowest BCUT2D eigenvalue weighted by molar-refractivity contribution is 0.413. The van der Waals surface area contributed by atoms with Crippen LogP contribution in [0.1, 0.15) is 5.56 Å². The number of pyridine rings is 2. The van der Waals surface area contributed by atoms with Crippen molar-refractivity contribution in [2.75, 3.05) is 7.11 Å². The van der Waals surface area contributed by atoms with Crippen molar-refractivity contribution in [1.29, 1.82) is 0 Å². The number of hydrogen-bond acceptors (Lipinski definition) is 3. The van der Waals surface area contributed by atoms with Gasteiger partial charge in [-0.3, -0.25) is 9.97 Å². The van der Waals surface area contributed by atoms with E-state index in [1.54, 1.807) is 7.11 Å². The van der Waals surface area contributed by atoms with Crippen LogP contribution < -0.4 is 4.74 Å². The zero-order valence-electron chi connectivity index (χ0n) is 10.9. The predicted octanol–water partition coefficient (Wildman–Crippen LogP) is 3.61. The van der Waals surface area contributed by atoms with Gasteiger partial charge in [0.05, 0.1) is 12.6 Å². The molecule has 3 heteroatoms. The first-order valence-corrected chi connectivity index (χ1v) is 6.14. The topological polar surface area (TPSA) is 35.0 Å². The number of ether oxygens (including phenoxy) is 1. The van der Waals surface area contributed by atoms with Gasteiger partial charge in [0.1, 0.15) is 5.75 Å². The Morgan fingerprint density at radius 2 is 1.84 bits per heavy atom. The van der Waals surface area contributed by atoms with Crippen molar-refractivity contribution in [2.24, 2.45) is 0 Å². The summed E-state index contributed by atoms with van der Waals surface area (Å²) < 4.78 is 5.52. The summed E-state index contributed by atoms with van der Waals surface area (Å²) in [6.07, 6.45) is 5.47. The van der Waals surface area contributed by atoms with Crippen molar-refractivity contribution in [3.8, 4) is 16.9 Å². The van der Waals surface area contributed by atoms with Crippen LogP contribution in [0.4, 0.5) is 0 Å². The van der Waals surface area contributed by atoms with Crippen LogP contribution >= 0.6 is 0 Å². The third-order valence-electron chi connectivity index (χ3n) is 3.22. The van der Waals surface area contributed by atoms with Crippen LogP contribution in [0.15, 0.2) is 48.9 Å². The lowest BCUT2D eigenvalue weighted by atomic mass is 10.0. The molecule has 0 N–H and O–H groups in total. The summed E-state index contributed by atoms with van der Waals surface area (Å²) in [5.74, 6) is 0.867. The van der Waals surface area contributed by atoms with Crippen LogP contribution in [0.3, 0.4) is 0 Å². The monoisotopic (exact) mass is 250 g/mol. The normalized spacial score (nSPS) is 10.6. The quantitative estimate of drug-likeness (QED) is 0.696. The molecule has 0 fully saturated rings. The molecular formula is C16H14N2O. The molecule has 1 aromatic carbocycles. The van der Waals surface area contributed by atoms with E-state index in [2.05, 4.69) is 16.0 Å². The molecule has 0 bridgehead atoms. The molecule has 94 valence electrons. The van der Waals surface area contributed by atoms with Crippen LogP contribution in [-0.2, 0) is 0 Å². The van der Waals surface area contributed by atoms with Gasteiger partial charge in [-0.05, 0) is 24.6 Å². The Morgan fingerprint density at radius 1 is 1.00 bits per heavy atom. The fourth-order valence-corrected chi connectivity index (χ4v) is 2.35. The van der Waals surface area contributed by atoms with Gasteiger partial charge in [-0.2, -0.15) is 0 Å². The molecule has 0 unspecified atom stereocenters. The van der Waals surface area contributed by atoms with Gasteiger partial charge in [0, 0.05) is 35.1 Å². The fourth-order valence-electron chi connectivity index (χ4n) is 2.35. The van der Waals surface area contributed by atoms with Gasteiger partial charge in [-0.1, -0.05) is 18.2 Å². The Bertz CT molecular complexity index is 732. The molecule has 0 aliphatic carbocycles. The highest BCUT2D eigenvalue weighted by Crippen LogP contribution is 2.35. The number of aryl methyl sites for hydroxylation is 1. The summed E-state index contributed by atoms with van der Waals surface area (Å²) in [5.41, 5.74) is 4.10. The smallest absolute Gasteiger partial charge is 0.132 e. The van der Waals surface area contributed by atoms with Crippen LogP contribution in [0.5, 0.6) is 5.75 Å². The maximum absolute atomic E-state index is 5.52. The molecule has 0 spiro atoms. The summed E-state index contributed by atoms with van der Waals surface area (Å²) in [7, 11) is 1.69. The molecule has 0 atom stereocenters. The second-order valence-corrected chi connectivity index (χ2v) is 4.41. The molecule has 19 heavy (non-hydrogen) atoms. The minimum absolute atomic E-state index is 0.867. The van der Waals surface area contributed by atoms with Crippen molar-refractivity contribution in [2.45, 2.75) is 6.92 Å². The zero-order chi connectivity index (χ0) is 13.2. The molecule has 0 amide bonds. The SMILES string of the molecule is COc1c(C)cncc1-c1ccnc2ccccc12. The number of rotatable bonds is 2.